The Labute approximate surface area is 213 Å². The first kappa shape index (κ1) is 25.2. The van der Waals surface area contributed by atoms with E-state index < -0.39 is 0 Å². The molecule has 0 radical (unpaired) electrons. The third-order valence-electron chi connectivity index (χ3n) is 6.56. The Morgan fingerprint density at radius 1 is 0.472 bits per heavy atom. The lowest BCUT2D eigenvalue weighted by atomic mass is 9.96. The summed E-state index contributed by atoms with van der Waals surface area (Å²) in [4.78, 5) is 0. The molecule has 0 spiro atoms. The minimum Gasteiger partial charge on any atom is -0.497 e. The van der Waals surface area contributed by atoms with E-state index in [9.17, 15) is 0 Å². The zero-order chi connectivity index (χ0) is 25.5. The number of aryl methyl sites for hydroxylation is 4. The topological polar surface area (TPSA) is 46.2 Å². The van der Waals surface area contributed by atoms with E-state index in [1.165, 1.54) is 16.3 Å². The highest BCUT2D eigenvalue weighted by Gasteiger charge is 2.16. The van der Waals surface area contributed by atoms with Gasteiger partial charge in [-0.1, -0.05) is 42.5 Å². The number of benzene rings is 4. The van der Waals surface area contributed by atoms with Crippen LogP contribution in [0.25, 0.3) is 10.8 Å². The van der Waals surface area contributed by atoms with Crippen molar-refractivity contribution in [1.29, 1.82) is 0 Å². The van der Waals surface area contributed by atoms with E-state index in [1.807, 2.05) is 12.1 Å². The highest BCUT2D eigenvalue weighted by Crippen LogP contribution is 2.39. The van der Waals surface area contributed by atoms with Crippen molar-refractivity contribution >= 4 is 10.8 Å². The predicted octanol–water partition coefficient (Wildman–Crippen LogP) is 6.45. The van der Waals surface area contributed by atoms with Crippen LogP contribution in [-0.2, 0) is 25.7 Å². The molecule has 0 amide bonds. The molecule has 0 heterocycles. The van der Waals surface area contributed by atoms with Crippen molar-refractivity contribution in [3.8, 4) is 28.7 Å². The van der Waals surface area contributed by atoms with Gasteiger partial charge in [0.1, 0.15) is 11.5 Å². The zero-order valence-electron chi connectivity index (χ0n) is 21.7. The highest BCUT2D eigenvalue weighted by molar-refractivity contribution is 5.83. The summed E-state index contributed by atoms with van der Waals surface area (Å²) < 4.78 is 28.1. The minimum absolute atomic E-state index is 0.596. The number of methoxy groups -OCH3 is 5. The molecule has 0 aliphatic rings. The number of rotatable bonds is 11. The van der Waals surface area contributed by atoms with Gasteiger partial charge in [-0.25, -0.2) is 0 Å². The van der Waals surface area contributed by atoms with Gasteiger partial charge < -0.3 is 23.7 Å². The molecule has 36 heavy (non-hydrogen) atoms. The molecule has 4 aromatic carbocycles. The molecule has 0 aliphatic carbocycles. The first-order chi connectivity index (χ1) is 17.6. The molecule has 5 heteroatoms. The second kappa shape index (κ2) is 11.7. The van der Waals surface area contributed by atoms with Crippen LogP contribution in [0.2, 0.25) is 0 Å². The fraction of sp³-hybridized carbons (Fsp3) is 0.290. The molecule has 0 saturated heterocycles. The Morgan fingerprint density at radius 3 is 1.61 bits per heavy atom. The number of ether oxygens (including phenoxy) is 5. The van der Waals surface area contributed by atoms with E-state index in [1.54, 1.807) is 35.5 Å². The molecule has 0 atom stereocenters. The fourth-order valence-corrected chi connectivity index (χ4v) is 4.71. The molecule has 4 aromatic rings. The molecule has 0 saturated carbocycles. The third kappa shape index (κ3) is 5.51. The predicted molar refractivity (Wildman–Crippen MR) is 144 cm³/mol. The molecule has 5 nitrogen and oxygen atoms in total. The van der Waals surface area contributed by atoms with Crippen LogP contribution in [0.4, 0.5) is 0 Å². The van der Waals surface area contributed by atoms with Crippen LogP contribution in [0, 0.1) is 0 Å². The van der Waals surface area contributed by atoms with Gasteiger partial charge in [0.2, 0.25) is 5.75 Å². The second-order valence-corrected chi connectivity index (χ2v) is 8.69. The lowest BCUT2D eigenvalue weighted by molar-refractivity contribution is 0.324. The van der Waals surface area contributed by atoms with Crippen LogP contribution in [0.3, 0.4) is 0 Å². The highest BCUT2D eigenvalue weighted by atomic mass is 16.5. The van der Waals surface area contributed by atoms with Gasteiger partial charge in [0, 0.05) is 0 Å². The normalized spacial score (nSPS) is 10.8. The van der Waals surface area contributed by atoms with E-state index >= 15 is 0 Å². The van der Waals surface area contributed by atoms with Gasteiger partial charge in [0.05, 0.1) is 35.5 Å². The molecular formula is C31H34O5. The van der Waals surface area contributed by atoms with Crippen LogP contribution < -0.4 is 23.7 Å². The Morgan fingerprint density at radius 2 is 1.06 bits per heavy atom. The number of hydrogen-bond donors (Lipinski definition) is 0. The minimum atomic E-state index is 0.596. The fourth-order valence-electron chi connectivity index (χ4n) is 4.71. The van der Waals surface area contributed by atoms with Crippen molar-refractivity contribution < 1.29 is 23.7 Å². The maximum Gasteiger partial charge on any atom is 0.203 e. The summed E-state index contributed by atoms with van der Waals surface area (Å²) in [6.45, 7) is 0. The first-order valence-corrected chi connectivity index (χ1v) is 12.1. The number of hydrogen-bond acceptors (Lipinski definition) is 5. The number of fused-ring (bicyclic) bond motifs is 1. The average molecular weight is 487 g/mol. The van der Waals surface area contributed by atoms with Crippen LogP contribution >= 0.6 is 0 Å². The molecule has 0 aromatic heterocycles. The van der Waals surface area contributed by atoms with Crippen molar-refractivity contribution in [3.63, 3.8) is 0 Å². The second-order valence-electron chi connectivity index (χ2n) is 8.69. The summed E-state index contributed by atoms with van der Waals surface area (Å²) in [6, 6.07) is 23.3. The van der Waals surface area contributed by atoms with Gasteiger partial charge >= 0.3 is 0 Å². The largest absolute Gasteiger partial charge is 0.497 e. The van der Waals surface area contributed by atoms with E-state index in [2.05, 4.69) is 54.6 Å². The molecule has 0 unspecified atom stereocenters. The van der Waals surface area contributed by atoms with Gasteiger partial charge in [0.25, 0.3) is 0 Å². The monoisotopic (exact) mass is 486 g/mol. The summed E-state index contributed by atoms with van der Waals surface area (Å²) in [6.07, 6.45) is 3.34. The molecule has 4 rings (SSSR count). The Balaban J connectivity index is 1.57. The standard InChI is InChI=1S/C31H34O5/c1-32-27-19-25(14-11-21-10-13-23-8-6-7-9-24(23)16-21)30(35-4)26(20-27)15-12-22-17-28(33-2)31(36-5)29(18-22)34-3/h6-10,13,16-20H,11-12,14-15H2,1-5H3. The van der Waals surface area contributed by atoms with Crippen molar-refractivity contribution in [2.24, 2.45) is 0 Å². The van der Waals surface area contributed by atoms with Crippen molar-refractivity contribution in [2.75, 3.05) is 35.5 Å². The molecular weight excluding hydrogens is 452 g/mol. The average Bonchev–Trinajstić information content (AvgIpc) is 2.93. The molecule has 0 bridgehead atoms. The quantitative estimate of drug-likeness (QED) is 0.244. The van der Waals surface area contributed by atoms with E-state index in [0.29, 0.717) is 17.2 Å². The zero-order valence-corrected chi connectivity index (χ0v) is 21.7. The lowest BCUT2D eigenvalue weighted by Crippen LogP contribution is -2.03. The molecule has 188 valence electrons. The van der Waals surface area contributed by atoms with Gasteiger partial charge in [-0.15, -0.1) is 0 Å². The summed E-state index contributed by atoms with van der Waals surface area (Å²) >= 11 is 0. The van der Waals surface area contributed by atoms with E-state index in [-0.39, 0.29) is 0 Å². The SMILES string of the molecule is COc1cc(CCc2cc(OC)c(OC)c(OC)c2)c(OC)c(CCc2ccc3ccccc3c2)c1. The van der Waals surface area contributed by atoms with Crippen LogP contribution in [0.5, 0.6) is 28.7 Å². The molecule has 0 fully saturated rings. The lowest BCUT2D eigenvalue weighted by Gasteiger charge is -2.17. The van der Waals surface area contributed by atoms with Crippen LogP contribution in [0.15, 0.2) is 66.7 Å². The first-order valence-electron chi connectivity index (χ1n) is 12.1. The van der Waals surface area contributed by atoms with Gasteiger partial charge in [-0.3, -0.25) is 0 Å². The van der Waals surface area contributed by atoms with Crippen molar-refractivity contribution in [1.82, 2.24) is 0 Å². The maximum atomic E-state index is 5.92. The van der Waals surface area contributed by atoms with Gasteiger partial charge in [0.15, 0.2) is 11.5 Å². The van der Waals surface area contributed by atoms with Crippen LogP contribution in [0.1, 0.15) is 22.3 Å². The van der Waals surface area contributed by atoms with Crippen molar-refractivity contribution in [2.45, 2.75) is 25.7 Å². The molecule has 0 aliphatic heterocycles. The van der Waals surface area contributed by atoms with Gasteiger partial charge in [-0.2, -0.15) is 0 Å². The summed E-state index contributed by atoms with van der Waals surface area (Å²) in [5.41, 5.74) is 4.65. The Bertz CT molecular complexity index is 1300. The van der Waals surface area contributed by atoms with E-state index in [0.717, 1.165) is 53.9 Å². The summed E-state index contributed by atoms with van der Waals surface area (Å²) in [5, 5.41) is 2.52. The third-order valence-corrected chi connectivity index (χ3v) is 6.56. The maximum absolute atomic E-state index is 5.92. The van der Waals surface area contributed by atoms with Gasteiger partial charge in [-0.05, 0) is 83.0 Å². The Hall–Kier alpha value is -3.86. The summed E-state index contributed by atoms with van der Waals surface area (Å²) in [7, 11) is 8.32. The van der Waals surface area contributed by atoms with Crippen LogP contribution in [-0.4, -0.2) is 35.5 Å². The van der Waals surface area contributed by atoms with Crippen molar-refractivity contribution in [3.05, 3.63) is 89.0 Å². The smallest absolute Gasteiger partial charge is 0.203 e. The van der Waals surface area contributed by atoms with E-state index in [4.69, 9.17) is 23.7 Å². The Kier molecular flexibility index (Phi) is 8.21. The molecule has 0 N–H and O–H groups in total. The summed E-state index contributed by atoms with van der Waals surface area (Å²) in [5.74, 6) is 3.66.